The molecule has 1 atom stereocenters. The maximum absolute atomic E-state index is 13.3. The van der Waals surface area contributed by atoms with Gasteiger partial charge in [0.2, 0.25) is 0 Å². The predicted octanol–water partition coefficient (Wildman–Crippen LogP) is 4.52. The molecule has 0 aliphatic heterocycles. The van der Waals surface area contributed by atoms with E-state index in [9.17, 15) is 14.3 Å². The van der Waals surface area contributed by atoms with Crippen LogP contribution in [0.15, 0.2) is 48.5 Å². The summed E-state index contributed by atoms with van der Waals surface area (Å²) in [5.41, 5.74) is 4.15. The summed E-state index contributed by atoms with van der Waals surface area (Å²) < 4.78 is 15.0. The van der Waals surface area contributed by atoms with Gasteiger partial charge in [0.05, 0.1) is 22.3 Å². The Morgan fingerprint density at radius 3 is 2.62 bits per heavy atom. The van der Waals surface area contributed by atoms with Gasteiger partial charge in [-0.3, -0.25) is 4.79 Å². The highest BCUT2D eigenvalue weighted by molar-refractivity contribution is 6.33. The number of rotatable bonds is 3. The molecule has 1 N–H and O–H groups in total. The summed E-state index contributed by atoms with van der Waals surface area (Å²) in [7, 11) is 0. The molecule has 0 saturated carbocycles. The number of carboxylic acid groups (broad SMARTS) is 1. The zero-order valence-electron chi connectivity index (χ0n) is 13.8. The Hall–Kier alpha value is -2.66. The topological polar surface area (TPSA) is 55.1 Å². The smallest absolute Gasteiger partial charge is 0.306 e. The van der Waals surface area contributed by atoms with Crippen LogP contribution in [0, 0.1) is 11.7 Å². The lowest BCUT2D eigenvalue weighted by Crippen LogP contribution is -2.23. The van der Waals surface area contributed by atoms with Crippen molar-refractivity contribution in [1.82, 2.24) is 9.78 Å². The molecule has 6 heteroatoms. The van der Waals surface area contributed by atoms with Gasteiger partial charge in [-0.25, -0.2) is 9.07 Å². The molecule has 1 unspecified atom stereocenters. The molecule has 0 radical (unpaired) electrons. The third-order valence-electron chi connectivity index (χ3n) is 4.82. The molecule has 1 aliphatic rings. The van der Waals surface area contributed by atoms with Gasteiger partial charge in [-0.2, -0.15) is 5.10 Å². The molecular formula is C20H16ClFN2O2. The van der Waals surface area contributed by atoms with Crippen molar-refractivity contribution in [3.8, 4) is 16.9 Å². The van der Waals surface area contributed by atoms with Gasteiger partial charge in [-0.05, 0) is 43.2 Å². The Balaban J connectivity index is 1.90. The summed E-state index contributed by atoms with van der Waals surface area (Å²) in [6.45, 7) is 0. The molecule has 0 fully saturated rings. The van der Waals surface area contributed by atoms with E-state index in [0.717, 1.165) is 22.5 Å². The van der Waals surface area contributed by atoms with E-state index in [1.807, 2.05) is 24.3 Å². The SMILES string of the molecule is O=C(O)C1CCc2c(-c3ccccc3Cl)nn(-c3ccc(F)cc3)c2C1. The number of hydrogen-bond acceptors (Lipinski definition) is 2. The largest absolute Gasteiger partial charge is 0.481 e. The molecule has 4 rings (SSSR count). The van der Waals surface area contributed by atoms with Gasteiger partial charge in [0.15, 0.2) is 0 Å². The number of fused-ring (bicyclic) bond motifs is 1. The number of carbonyl (C=O) groups is 1. The van der Waals surface area contributed by atoms with Crippen molar-refractivity contribution < 1.29 is 14.3 Å². The average molecular weight is 371 g/mol. The normalized spacial score (nSPS) is 16.3. The number of carboxylic acids is 1. The lowest BCUT2D eigenvalue weighted by atomic mass is 9.85. The number of aromatic nitrogens is 2. The molecule has 0 saturated heterocycles. The van der Waals surface area contributed by atoms with Crippen LogP contribution in [-0.4, -0.2) is 20.9 Å². The fourth-order valence-corrected chi connectivity index (χ4v) is 3.71. The van der Waals surface area contributed by atoms with Crippen LogP contribution in [-0.2, 0) is 17.6 Å². The number of hydrogen-bond donors (Lipinski definition) is 1. The molecule has 3 aromatic rings. The van der Waals surface area contributed by atoms with E-state index in [-0.39, 0.29) is 5.82 Å². The summed E-state index contributed by atoms with van der Waals surface area (Å²) in [6.07, 6.45) is 1.57. The highest BCUT2D eigenvalue weighted by atomic mass is 35.5. The molecule has 1 aliphatic carbocycles. The maximum Gasteiger partial charge on any atom is 0.306 e. The van der Waals surface area contributed by atoms with E-state index in [2.05, 4.69) is 0 Å². The minimum absolute atomic E-state index is 0.329. The highest BCUT2D eigenvalue weighted by Crippen LogP contribution is 2.37. The van der Waals surface area contributed by atoms with Crippen LogP contribution in [0.25, 0.3) is 16.9 Å². The van der Waals surface area contributed by atoms with E-state index in [4.69, 9.17) is 16.7 Å². The number of nitrogens with zero attached hydrogens (tertiary/aromatic N) is 2. The lowest BCUT2D eigenvalue weighted by Gasteiger charge is -2.20. The van der Waals surface area contributed by atoms with Crippen LogP contribution < -0.4 is 0 Å². The highest BCUT2D eigenvalue weighted by Gasteiger charge is 2.31. The van der Waals surface area contributed by atoms with Crippen molar-refractivity contribution in [2.24, 2.45) is 5.92 Å². The van der Waals surface area contributed by atoms with Gasteiger partial charge in [0, 0.05) is 23.2 Å². The first kappa shape index (κ1) is 16.8. The van der Waals surface area contributed by atoms with Crippen LogP contribution in [0.1, 0.15) is 17.7 Å². The van der Waals surface area contributed by atoms with Gasteiger partial charge >= 0.3 is 5.97 Å². The summed E-state index contributed by atoms with van der Waals surface area (Å²) in [5.74, 6) is -1.58. The summed E-state index contributed by atoms with van der Waals surface area (Å²) in [5, 5.41) is 14.8. The van der Waals surface area contributed by atoms with Crippen molar-refractivity contribution >= 4 is 17.6 Å². The summed E-state index contributed by atoms with van der Waals surface area (Å²) >= 11 is 6.36. The van der Waals surface area contributed by atoms with E-state index in [1.165, 1.54) is 12.1 Å². The van der Waals surface area contributed by atoms with Gasteiger partial charge in [-0.15, -0.1) is 0 Å². The quantitative estimate of drug-likeness (QED) is 0.737. The van der Waals surface area contributed by atoms with Crippen molar-refractivity contribution in [2.45, 2.75) is 19.3 Å². The van der Waals surface area contributed by atoms with Gasteiger partial charge in [0.1, 0.15) is 5.82 Å². The third kappa shape index (κ3) is 2.88. The van der Waals surface area contributed by atoms with Crippen molar-refractivity contribution in [1.29, 1.82) is 0 Å². The first-order valence-electron chi connectivity index (χ1n) is 8.39. The van der Waals surface area contributed by atoms with Gasteiger partial charge in [0.25, 0.3) is 0 Å². The van der Waals surface area contributed by atoms with Crippen LogP contribution in [0.2, 0.25) is 5.02 Å². The zero-order valence-corrected chi connectivity index (χ0v) is 14.6. The average Bonchev–Trinajstić information content (AvgIpc) is 3.01. The Morgan fingerprint density at radius 1 is 1.19 bits per heavy atom. The zero-order chi connectivity index (χ0) is 18.3. The second kappa shape index (κ2) is 6.57. The second-order valence-electron chi connectivity index (χ2n) is 6.42. The molecule has 132 valence electrons. The Kier molecular flexibility index (Phi) is 4.24. The number of aliphatic carboxylic acids is 1. The number of benzene rings is 2. The molecule has 0 spiro atoms. The fourth-order valence-electron chi connectivity index (χ4n) is 3.49. The van der Waals surface area contributed by atoms with E-state index < -0.39 is 11.9 Å². The Bertz CT molecular complexity index is 982. The molecule has 26 heavy (non-hydrogen) atoms. The monoisotopic (exact) mass is 370 g/mol. The molecule has 1 aromatic heterocycles. The van der Waals surface area contributed by atoms with Crippen LogP contribution in [0.5, 0.6) is 0 Å². The molecular weight excluding hydrogens is 355 g/mol. The second-order valence-corrected chi connectivity index (χ2v) is 6.83. The summed E-state index contributed by atoms with van der Waals surface area (Å²) in [4.78, 5) is 11.5. The van der Waals surface area contributed by atoms with Gasteiger partial charge < -0.3 is 5.11 Å². The van der Waals surface area contributed by atoms with Crippen LogP contribution >= 0.6 is 11.6 Å². The Labute approximate surface area is 154 Å². The molecule has 2 aromatic carbocycles. The van der Waals surface area contributed by atoms with Crippen molar-refractivity contribution in [3.05, 3.63) is 70.6 Å². The maximum atomic E-state index is 13.3. The standard InChI is InChI=1S/C20H16ClFN2O2/c21-17-4-2-1-3-15(17)19-16-10-5-12(20(25)26)11-18(16)24(23-19)14-8-6-13(22)7-9-14/h1-4,6-9,12H,5,10-11H2,(H,25,26). The predicted molar refractivity (Wildman–Crippen MR) is 97.1 cm³/mol. The molecule has 0 bridgehead atoms. The Morgan fingerprint density at radius 2 is 1.92 bits per heavy atom. The number of halogens is 2. The molecule has 4 nitrogen and oxygen atoms in total. The van der Waals surface area contributed by atoms with E-state index in [0.29, 0.717) is 30.0 Å². The first-order chi connectivity index (χ1) is 12.5. The fraction of sp³-hybridized carbons (Fsp3) is 0.200. The van der Waals surface area contributed by atoms with Crippen molar-refractivity contribution in [2.75, 3.05) is 0 Å². The van der Waals surface area contributed by atoms with E-state index >= 15 is 0 Å². The van der Waals surface area contributed by atoms with Crippen molar-refractivity contribution in [3.63, 3.8) is 0 Å². The molecule has 1 heterocycles. The van der Waals surface area contributed by atoms with Gasteiger partial charge in [-0.1, -0.05) is 29.8 Å². The molecule has 0 amide bonds. The summed E-state index contributed by atoms with van der Waals surface area (Å²) in [6, 6.07) is 13.5. The first-order valence-corrected chi connectivity index (χ1v) is 8.77. The van der Waals surface area contributed by atoms with Crippen LogP contribution in [0.4, 0.5) is 4.39 Å². The van der Waals surface area contributed by atoms with E-state index in [1.54, 1.807) is 16.8 Å². The minimum atomic E-state index is -0.804. The third-order valence-corrected chi connectivity index (χ3v) is 5.15. The lowest BCUT2D eigenvalue weighted by molar-refractivity contribution is -0.142. The van der Waals surface area contributed by atoms with Crippen LogP contribution in [0.3, 0.4) is 0 Å². The minimum Gasteiger partial charge on any atom is -0.481 e.